The molecular weight excluding hydrogens is 392 g/mol. The molecule has 27 heavy (non-hydrogen) atoms. The predicted octanol–water partition coefficient (Wildman–Crippen LogP) is 3.56. The van der Waals surface area contributed by atoms with Crippen molar-refractivity contribution in [1.82, 2.24) is 16.0 Å². The van der Waals surface area contributed by atoms with Crippen LogP contribution in [0.1, 0.15) is 57.8 Å². The van der Waals surface area contributed by atoms with Crippen molar-refractivity contribution >= 4 is 47.1 Å². The summed E-state index contributed by atoms with van der Waals surface area (Å²) >= 11 is 9.91. The summed E-state index contributed by atoms with van der Waals surface area (Å²) in [5, 5.41) is 14.2. The molecule has 0 spiro atoms. The van der Waals surface area contributed by atoms with E-state index in [1.165, 1.54) is 51.4 Å². The summed E-state index contributed by atoms with van der Waals surface area (Å²) in [5.74, 6) is 0.664. The van der Waals surface area contributed by atoms with E-state index in [1.54, 1.807) is 0 Å². The maximum Gasteiger partial charge on any atom is 0.166 e. The van der Waals surface area contributed by atoms with E-state index in [1.807, 2.05) is 11.8 Å². The van der Waals surface area contributed by atoms with Gasteiger partial charge in [-0.1, -0.05) is 25.7 Å². The van der Waals surface area contributed by atoms with Crippen LogP contribution in [-0.4, -0.2) is 58.1 Å². The molecule has 7 atom stereocenters. The van der Waals surface area contributed by atoms with Gasteiger partial charge in [-0.3, -0.25) is 4.99 Å². The Bertz CT molecular complexity index is 527. The lowest BCUT2D eigenvalue weighted by Gasteiger charge is -2.38. The van der Waals surface area contributed by atoms with Crippen LogP contribution in [0.5, 0.6) is 0 Å². The molecule has 0 radical (unpaired) electrons. The van der Waals surface area contributed by atoms with Crippen molar-refractivity contribution in [3.63, 3.8) is 0 Å². The van der Waals surface area contributed by atoms with Gasteiger partial charge < -0.3 is 16.0 Å². The van der Waals surface area contributed by atoms with E-state index in [9.17, 15) is 0 Å². The molecule has 7 heteroatoms. The zero-order valence-electron chi connectivity index (χ0n) is 16.4. The minimum absolute atomic E-state index is 0.501. The first kappa shape index (κ1) is 20.3. The lowest BCUT2D eigenvalue weighted by atomic mass is 9.84. The van der Waals surface area contributed by atoms with Crippen molar-refractivity contribution in [3.05, 3.63) is 0 Å². The lowest BCUT2D eigenvalue weighted by molar-refractivity contribution is 0.259. The molecular formula is C20H34N4S3. The molecule has 0 aromatic carbocycles. The first-order valence-corrected chi connectivity index (χ1v) is 13.4. The van der Waals surface area contributed by atoms with E-state index in [0.717, 1.165) is 18.1 Å². The highest BCUT2D eigenvalue weighted by Gasteiger charge is 2.42. The number of nitrogens with zero attached hydrogens (tertiary/aromatic N) is 1. The molecule has 4 rings (SSSR count). The Hall–Kier alpha value is 0.0200. The number of thioether (sulfide) groups is 2. The second kappa shape index (κ2) is 9.68. The molecule has 0 amide bonds. The van der Waals surface area contributed by atoms with E-state index in [0.29, 0.717) is 39.9 Å². The molecule has 2 heterocycles. The Kier molecular flexibility index (Phi) is 7.28. The topological polar surface area (TPSA) is 48.4 Å². The molecule has 0 aromatic rings. The fourth-order valence-corrected chi connectivity index (χ4v) is 8.19. The quantitative estimate of drug-likeness (QED) is 0.598. The zero-order chi connectivity index (χ0) is 18.6. The van der Waals surface area contributed by atoms with Crippen molar-refractivity contribution in [2.75, 3.05) is 12.8 Å². The maximum atomic E-state index is 5.77. The molecule has 2 saturated carbocycles. The average molecular weight is 427 g/mol. The molecule has 0 bridgehead atoms. The van der Waals surface area contributed by atoms with Gasteiger partial charge in [-0.15, -0.1) is 11.8 Å². The summed E-state index contributed by atoms with van der Waals surface area (Å²) in [6.07, 6.45) is 15.9. The van der Waals surface area contributed by atoms with Gasteiger partial charge in [0.1, 0.15) is 0 Å². The molecule has 152 valence electrons. The van der Waals surface area contributed by atoms with Crippen molar-refractivity contribution in [3.8, 4) is 0 Å². The summed E-state index contributed by atoms with van der Waals surface area (Å²) < 4.78 is 0. The number of hydrogen-bond donors (Lipinski definition) is 3. The van der Waals surface area contributed by atoms with Crippen LogP contribution in [-0.2, 0) is 0 Å². The van der Waals surface area contributed by atoms with E-state index in [2.05, 4.69) is 45.2 Å². The van der Waals surface area contributed by atoms with Crippen LogP contribution in [0, 0.1) is 5.92 Å². The van der Waals surface area contributed by atoms with Gasteiger partial charge in [0.2, 0.25) is 0 Å². The zero-order valence-corrected chi connectivity index (χ0v) is 18.8. The lowest BCUT2D eigenvalue weighted by Crippen LogP contribution is -2.54. The van der Waals surface area contributed by atoms with Crippen LogP contribution in [0.2, 0.25) is 0 Å². The highest BCUT2D eigenvalue weighted by Crippen LogP contribution is 2.40. The number of fused-ring (bicyclic) bond motifs is 1. The summed E-state index contributed by atoms with van der Waals surface area (Å²) in [4.78, 5) is 4.51. The van der Waals surface area contributed by atoms with E-state index in [4.69, 9.17) is 12.2 Å². The molecule has 4 nitrogen and oxygen atoms in total. The second-order valence-corrected chi connectivity index (χ2v) is 11.4. The normalized spacial score (nSPS) is 41.7. The molecule has 2 aliphatic heterocycles. The van der Waals surface area contributed by atoms with Gasteiger partial charge in [-0.05, 0) is 50.6 Å². The number of rotatable bonds is 4. The first-order valence-electron chi connectivity index (χ1n) is 10.7. The fraction of sp³-hybridized carbons (Fsp3) is 0.900. The van der Waals surface area contributed by atoms with Crippen LogP contribution < -0.4 is 16.0 Å². The molecule has 7 unspecified atom stereocenters. The van der Waals surface area contributed by atoms with Gasteiger partial charge in [0.25, 0.3) is 0 Å². The third kappa shape index (κ3) is 4.96. The molecule has 3 fully saturated rings. The summed E-state index contributed by atoms with van der Waals surface area (Å²) in [6.45, 7) is 0.987. The predicted molar refractivity (Wildman–Crippen MR) is 124 cm³/mol. The van der Waals surface area contributed by atoms with Gasteiger partial charge in [0, 0.05) is 40.8 Å². The Balaban J connectivity index is 1.33. The Morgan fingerprint density at radius 2 is 1.85 bits per heavy atom. The molecule has 0 aromatic heterocycles. The Labute approximate surface area is 178 Å². The minimum Gasteiger partial charge on any atom is -0.360 e. The van der Waals surface area contributed by atoms with Crippen LogP contribution in [0.25, 0.3) is 0 Å². The largest absolute Gasteiger partial charge is 0.360 e. The smallest absolute Gasteiger partial charge is 0.166 e. The van der Waals surface area contributed by atoms with Crippen molar-refractivity contribution in [2.45, 2.75) is 91.8 Å². The SMILES string of the molecule is CSC1CCCCC1NC(=S)NC1CCCCC1C1NC2CC=NCC2S1. The fourth-order valence-electron chi connectivity index (χ4n) is 5.25. The molecule has 3 N–H and O–H groups in total. The highest BCUT2D eigenvalue weighted by molar-refractivity contribution is 8.00. The third-order valence-corrected chi connectivity index (χ3v) is 9.78. The Morgan fingerprint density at radius 3 is 2.67 bits per heavy atom. The second-order valence-electron chi connectivity index (χ2n) is 8.49. The number of nitrogens with one attached hydrogen (secondary N) is 3. The Morgan fingerprint density at radius 1 is 1.11 bits per heavy atom. The van der Waals surface area contributed by atoms with E-state index < -0.39 is 0 Å². The van der Waals surface area contributed by atoms with Gasteiger partial charge in [0.15, 0.2) is 5.11 Å². The monoisotopic (exact) mass is 426 g/mol. The molecule has 4 aliphatic rings. The van der Waals surface area contributed by atoms with Gasteiger partial charge in [-0.2, -0.15) is 11.8 Å². The van der Waals surface area contributed by atoms with Crippen molar-refractivity contribution in [2.24, 2.45) is 10.9 Å². The van der Waals surface area contributed by atoms with Crippen LogP contribution in [0.15, 0.2) is 4.99 Å². The van der Waals surface area contributed by atoms with Crippen molar-refractivity contribution in [1.29, 1.82) is 0 Å². The molecule has 2 aliphatic carbocycles. The van der Waals surface area contributed by atoms with Crippen LogP contribution in [0.3, 0.4) is 0 Å². The number of aliphatic imine (C=N–C) groups is 1. The standard InChI is InChI=1S/C20H34N4S3/c1-26-17-9-5-4-8-15(17)24-20(25)23-14-7-3-2-6-13(14)19-22-16-10-11-21-12-18(16)27-19/h11,13-19,22H,2-10,12H2,1H3,(H2,23,24,25). The number of thiocarbonyl (C=S) groups is 1. The summed E-state index contributed by atoms with van der Waals surface area (Å²) in [7, 11) is 0. The third-order valence-electron chi connectivity index (χ3n) is 6.77. The summed E-state index contributed by atoms with van der Waals surface area (Å²) in [5.41, 5.74) is 0. The molecule has 1 saturated heterocycles. The van der Waals surface area contributed by atoms with Crippen LogP contribution in [0.4, 0.5) is 0 Å². The summed E-state index contributed by atoms with van der Waals surface area (Å²) in [6, 6.07) is 1.66. The van der Waals surface area contributed by atoms with Gasteiger partial charge in [-0.25, -0.2) is 0 Å². The van der Waals surface area contributed by atoms with Gasteiger partial charge in [0.05, 0.1) is 11.9 Å². The van der Waals surface area contributed by atoms with E-state index >= 15 is 0 Å². The number of hydrogen-bond acceptors (Lipinski definition) is 5. The average Bonchev–Trinajstić information content (AvgIpc) is 3.13. The maximum absolute atomic E-state index is 5.77. The first-order chi connectivity index (χ1) is 13.2. The minimum atomic E-state index is 0.501. The van der Waals surface area contributed by atoms with Crippen molar-refractivity contribution < 1.29 is 0 Å². The van der Waals surface area contributed by atoms with Gasteiger partial charge >= 0.3 is 0 Å². The van der Waals surface area contributed by atoms with Crippen LogP contribution >= 0.6 is 35.7 Å². The highest BCUT2D eigenvalue weighted by atomic mass is 32.2. The van der Waals surface area contributed by atoms with E-state index in [-0.39, 0.29) is 0 Å².